The Kier molecular flexibility index (Phi) is 6.21. The van der Waals surface area contributed by atoms with Crippen molar-refractivity contribution in [2.75, 3.05) is 19.5 Å². The van der Waals surface area contributed by atoms with Gasteiger partial charge in [0.25, 0.3) is 5.56 Å². The van der Waals surface area contributed by atoms with Gasteiger partial charge < -0.3 is 9.72 Å². The predicted octanol–water partition coefficient (Wildman–Crippen LogP) is 4.10. The molecule has 0 unspecified atom stereocenters. The van der Waals surface area contributed by atoms with Crippen molar-refractivity contribution in [1.82, 2.24) is 24.1 Å². The van der Waals surface area contributed by atoms with Crippen molar-refractivity contribution >= 4 is 45.1 Å². The van der Waals surface area contributed by atoms with Crippen molar-refractivity contribution in [3.05, 3.63) is 70.1 Å². The summed E-state index contributed by atoms with van der Waals surface area (Å²) in [5, 5.41) is 10.8. The number of para-hydroxylation sites is 2. The van der Waals surface area contributed by atoms with E-state index in [-0.39, 0.29) is 17.1 Å². The van der Waals surface area contributed by atoms with Gasteiger partial charge in [0, 0.05) is 42.9 Å². The van der Waals surface area contributed by atoms with Gasteiger partial charge in [0.1, 0.15) is 0 Å². The highest BCUT2D eigenvalue weighted by atomic mass is 32.2. The summed E-state index contributed by atoms with van der Waals surface area (Å²) in [7, 11) is 1.64. The normalized spacial score (nSPS) is 11.7. The number of rotatable bonds is 9. The van der Waals surface area contributed by atoms with Gasteiger partial charge in [-0.2, -0.15) is 0 Å². The minimum absolute atomic E-state index is 0.0129. The molecule has 8 nitrogen and oxygen atoms in total. The molecule has 0 saturated heterocycles. The van der Waals surface area contributed by atoms with Crippen molar-refractivity contribution in [3.63, 3.8) is 0 Å². The third-order valence-corrected chi connectivity index (χ3v) is 6.95. The van der Waals surface area contributed by atoms with E-state index in [1.165, 1.54) is 17.3 Å². The van der Waals surface area contributed by atoms with Gasteiger partial charge in [0.15, 0.2) is 10.9 Å². The fourth-order valence-corrected chi connectivity index (χ4v) is 5.17. The Labute approximate surface area is 199 Å². The van der Waals surface area contributed by atoms with Gasteiger partial charge in [-0.1, -0.05) is 49.0 Å². The number of fused-ring (bicyclic) bond motifs is 4. The molecular weight excluding hydrogens is 450 g/mol. The molecule has 3 aromatic heterocycles. The Morgan fingerprint density at radius 1 is 1.12 bits per heavy atom. The Morgan fingerprint density at radius 3 is 2.76 bits per heavy atom. The van der Waals surface area contributed by atoms with Crippen LogP contribution >= 0.6 is 11.8 Å². The minimum Gasteiger partial charge on any atom is -0.385 e. The number of aromatic nitrogens is 5. The second-order valence-corrected chi connectivity index (χ2v) is 8.99. The summed E-state index contributed by atoms with van der Waals surface area (Å²) in [6, 6.07) is 13.4. The summed E-state index contributed by atoms with van der Waals surface area (Å²) in [6.45, 7) is 3.11. The van der Waals surface area contributed by atoms with E-state index in [1.807, 2.05) is 34.7 Å². The monoisotopic (exact) mass is 475 g/mol. The number of thioether (sulfide) groups is 1. The number of aryl methyl sites for hydroxylation is 2. The van der Waals surface area contributed by atoms with Gasteiger partial charge in [-0.15, -0.1) is 10.2 Å². The second kappa shape index (κ2) is 9.44. The number of ketones is 1. The molecule has 0 atom stereocenters. The van der Waals surface area contributed by atoms with Crippen molar-refractivity contribution in [2.24, 2.45) is 0 Å². The molecule has 0 fully saturated rings. The van der Waals surface area contributed by atoms with Crippen molar-refractivity contribution < 1.29 is 9.53 Å². The maximum Gasteiger partial charge on any atom is 0.262 e. The van der Waals surface area contributed by atoms with E-state index in [4.69, 9.17) is 4.74 Å². The first-order chi connectivity index (χ1) is 16.6. The van der Waals surface area contributed by atoms with Crippen molar-refractivity contribution in [1.29, 1.82) is 0 Å². The summed E-state index contributed by atoms with van der Waals surface area (Å²) in [5.41, 5.74) is 3.49. The molecule has 5 aromatic rings. The minimum atomic E-state index is -0.107. The molecular formula is C25H25N5O3S. The number of carbonyl (C=O) groups excluding carboxylic acids is 1. The zero-order valence-electron chi connectivity index (χ0n) is 19.1. The van der Waals surface area contributed by atoms with Crippen LogP contribution in [0.15, 0.2) is 58.6 Å². The lowest BCUT2D eigenvalue weighted by Gasteiger charge is -2.11. The highest BCUT2D eigenvalue weighted by Gasteiger charge is 2.19. The smallest absolute Gasteiger partial charge is 0.262 e. The molecule has 1 N–H and O–H groups in total. The molecule has 0 aliphatic carbocycles. The van der Waals surface area contributed by atoms with Crippen LogP contribution < -0.4 is 5.56 Å². The van der Waals surface area contributed by atoms with E-state index < -0.39 is 0 Å². The van der Waals surface area contributed by atoms with Crippen molar-refractivity contribution in [3.8, 4) is 0 Å². The number of hydrogen-bond donors (Lipinski definition) is 1. The molecule has 5 rings (SSSR count). The maximum atomic E-state index is 13.1. The molecule has 9 heteroatoms. The van der Waals surface area contributed by atoms with E-state index in [0.29, 0.717) is 41.5 Å². The molecule has 0 aliphatic rings. The molecule has 0 aliphatic heterocycles. The molecule has 2 aromatic carbocycles. The first-order valence-corrected chi connectivity index (χ1v) is 12.2. The molecule has 0 radical (unpaired) electrons. The molecule has 0 saturated carbocycles. The summed E-state index contributed by atoms with van der Waals surface area (Å²) in [4.78, 5) is 29.5. The average Bonchev–Trinajstić information content (AvgIpc) is 3.49. The highest BCUT2D eigenvalue weighted by molar-refractivity contribution is 7.99. The summed E-state index contributed by atoms with van der Waals surface area (Å²) in [5.74, 6) is 0.690. The number of H-pyrrole nitrogens is 1. The van der Waals surface area contributed by atoms with Gasteiger partial charge in [-0.05, 0) is 30.5 Å². The van der Waals surface area contributed by atoms with E-state index in [2.05, 4.69) is 28.2 Å². The molecule has 34 heavy (non-hydrogen) atoms. The van der Waals surface area contributed by atoms with Crippen LogP contribution in [0.4, 0.5) is 0 Å². The Hall–Kier alpha value is -3.43. The Bertz CT molecular complexity index is 1570. The molecule has 0 amide bonds. The number of nitrogens with one attached hydrogen (secondary N) is 1. The number of methoxy groups -OCH3 is 1. The third kappa shape index (κ3) is 3.80. The number of Topliss-reactive ketones (excluding diaryl/α,β-unsaturated/α-hetero) is 1. The van der Waals surface area contributed by atoms with Gasteiger partial charge in [0.05, 0.1) is 16.7 Å². The van der Waals surface area contributed by atoms with E-state index in [1.54, 1.807) is 23.9 Å². The van der Waals surface area contributed by atoms with Gasteiger partial charge >= 0.3 is 0 Å². The number of benzene rings is 2. The fraction of sp³-hybridized carbons (Fsp3) is 0.280. The van der Waals surface area contributed by atoms with E-state index in [0.717, 1.165) is 22.8 Å². The first-order valence-electron chi connectivity index (χ1n) is 11.2. The lowest BCUT2D eigenvalue weighted by atomic mass is 10.1. The van der Waals surface area contributed by atoms with Crippen LogP contribution in [0.2, 0.25) is 0 Å². The lowest BCUT2D eigenvalue weighted by molar-refractivity contribution is 0.102. The Balaban J connectivity index is 1.50. The Morgan fingerprint density at radius 2 is 1.94 bits per heavy atom. The molecule has 0 bridgehead atoms. The van der Waals surface area contributed by atoms with Crippen LogP contribution in [-0.2, 0) is 17.7 Å². The summed E-state index contributed by atoms with van der Waals surface area (Å²) in [6.07, 6.45) is 3.36. The van der Waals surface area contributed by atoms with Crippen LogP contribution in [0.5, 0.6) is 0 Å². The van der Waals surface area contributed by atoms with Gasteiger partial charge in [0.2, 0.25) is 5.78 Å². The summed E-state index contributed by atoms with van der Waals surface area (Å²) >= 11 is 1.33. The SMILES string of the molecule is CCc1cccc2c(C(=O)CSc3nnc4n(CCCOC)c(=O)c5ccccc5n34)c[nH]c12. The number of hydrogen-bond acceptors (Lipinski definition) is 6. The third-order valence-electron chi connectivity index (χ3n) is 6.02. The molecule has 174 valence electrons. The number of aromatic amines is 1. The maximum absolute atomic E-state index is 13.1. The van der Waals surface area contributed by atoms with Crippen LogP contribution in [0.25, 0.3) is 27.6 Å². The largest absolute Gasteiger partial charge is 0.385 e. The standard InChI is InChI=1S/C25H25N5O3S/c1-3-16-8-6-10-17-19(14-26-22(16)17)21(31)15-34-25-28-27-24-29(12-7-13-33-2)23(32)18-9-4-5-11-20(18)30(24)25/h4-6,8-11,14,26H,3,7,12-13,15H2,1-2H3. The lowest BCUT2D eigenvalue weighted by Crippen LogP contribution is -2.24. The zero-order valence-corrected chi connectivity index (χ0v) is 19.9. The first kappa shape index (κ1) is 22.4. The van der Waals surface area contributed by atoms with Gasteiger partial charge in [-0.3, -0.25) is 18.6 Å². The predicted molar refractivity (Wildman–Crippen MR) is 134 cm³/mol. The van der Waals surface area contributed by atoms with Crippen LogP contribution in [0.1, 0.15) is 29.3 Å². The fourth-order valence-electron chi connectivity index (χ4n) is 4.35. The summed E-state index contributed by atoms with van der Waals surface area (Å²) < 4.78 is 8.65. The number of carbonyl (C=O) groups is 1. The second-order valence-electron chi connectivity index (χ2n) is 8.05. The number of nitrogens with zero attached hydrogens (tertiary/aromatic N) is 4. The zero-order chi connectivity index (χ0) is 23.7. The van der Waals surface area contributed by atoms with Crippen LogP contribution in [-0.4, -0.2) is 49.4 Å². The van der Waals surface area contributed by atoms with E-state index in [9.17, 15) is 9.59 Å². The number of ether oxygens (including phenoxy) is 1. The molecule has 3 heterocycles. The molecule has 0 spiro atoms. The van der Waals surface area contributed by atoms with Gasteiger partial charge in [-0.25, -0.2) is 0 Å². The van der Waals surface area contributed by atoms with Crippen LogP contribution in [0.3, 0.4) is 0 Å². The average molecular weight is 476 g/mol. The van der Waals surface area contributed by atoms with E-state index >= 15 is 0 Å². The van der Waals surface area contributed by atoms with Crippen molar-refractivity contribution in [2.45, 2.75) is 31.5 Å². The quantitative estimate of drug-likeness (QED) is 0.196. The van der Waals surface area contributed by atoms with Crippen LogP contribution in [0, 0.1) is 0 Å². The topological polar surface area (TPSA) is 94.3 Å². The highest BCUT2D eigenvalue weighted by Crippen LogP contribution is 2.26.